The number of furan rings is 1. The molecule has 0 aliphatic carbocycles. The molecule has 0 spiro atoms. The summed E-state index contributed by atoms with van der Waals surface area (Å²) in [4.78, 5) is 9.07. The van der Waals surface area contributed by atoms with Gasteiger partial charge in [0, 0.05) is 10.9 Å². The fourth-order valence-electron chi connectivity index (χ4n) is 2.16. The lowest BCUT2D eigenvalue weighted by molar-refractivity contribution is 0.379. The summed E-state index contributed by atoms with van der Waals surface area (Å²) < 4.78 is 11.6. The monoisotopic (exact) mass is 355 g/mol. The average Bonchev–Trinajstić information content (AvgIpc) is 3.36. The Morgan fingerprint density at radius 1 is 1.08 bits per heavy atom. The Hall–Kier alpha value is -2.38. The predicted molar refractivity (Wildman–Crippen MR) is 93.8 cm³/mol. The van der Waals surface area contributed by atoms with Gasteiger partial charge in [-0.05, 0) is 19.1 Å². The normalized spacial score (nSPS) is 12.4. The zero-order valence-corrected chi connectivity index (χ0v) is 14.4. The van der Waals surface area contributed by atoms with Gasteiger partial charge in [-0.25, -0.2) is 4.98 Å². The van der Waals surface area contributed by atoms with E-state index in [4.69, 9.17) is 8.94 Å². The highest BCUT2D eigenvalue weighted by molar-refractivity contribution is 8.01. The lowest BCUT2D eigenvalue weighted by Gasteiger charge is -2.02. The van der Waals surface area contributed by atoms with Crippen LogP contribution < -0.4 is 0 Å². The first-order valence-corrected chi connectivity index (χ1v) is 9.10. The number of benzene rings is 1. The number of hydrogen-bond acceptors (Lipinski definition) is 7. The summed E-state index contributed by atoms with van der Waals surface area (Å²) in [5, 5.41) is 6.04. The molecule has 0 saturated heterocycles. The van der Waals surface area contributed by atoms with Crippen LogP contribution in [0, 0.1) is 0 Å². The first-order chi connectivity index (χ1) is 11.8. The summed E-state index contributed by atoms with van der Waals surface area (Å²) >= 11 is 3.22. The van der Waals surface area contributed by atoms with Crippen molar-refractivity contribution in [2.45, 2.75) is 16.5 Å². The van der Waals surface area contributed by atoms with Gasteiger partial charge in [-0.1, -0.05) is 47.3 Å². The number of thiazole rings is 1. The smallest absolute Gasteiger partial charge is 0.240 e. The van der Waals surface area contributed by atoms with E-state index < -0.39 is 0 Å². The van der Waals surface area contributed by atoms with Crippen molar-refractivity contribution in [3.05, 3.63) is 60.0 Å². The third-order valence-electron chi connectivity index (χ3n) is 3.36. The maximum Gasteiger partial charge on any atom is 0.240 e. The molecule has 1 atom stereocenters. The summed E-state index contributed by atoms with van der Waals surface area (Å²) in [6.45, 7) is 2.02. The molecule has 7 heteroatoms. The Kier molecular flexibility index (Phi) is 4.18. The van der Waals surface area contributed by atoms with Gasteiger partial charge in [0.25, 0.3) is 0 Å². The lowest BCUT2D eigenvalue weighted by Crippen LogP contribution is -1.88. The number of aromatic nitrogens is 3. The lowest BCUT2D eigenvalue weighted by atomic mass is 10.2. The van der Waals surface area contributed by atoms with E-state index in [1.807, 2.05) is 25.1 Å². The van der Waals surface area contributed by atoms with Gasteiger partial charge < -0.3 is 8.94 Å². The summed E-state index contributed by atoms with van der Waals surface area (Å²) in [5.41, 5.74) is 2.10. The van der Waals surface area contributed by atoms with E-state index in [1.54, 1.807) is 41.5 Å². The molecule has 4 aromatic rings. The van der Waals surface area contributed by atoms with Crippen molar-refractivity contribution in [1.82, 2.24) is 15.1 Å². The number of thioether (sulfide) groups is 1. The minimum atomic E-state index is 0.0102. The van der Waals surface area contributed by atoms with E-state index in [-0.39, 0.29) is 5.25 Å². The van der Waals surface area contributed by atoms with Gasteiger partial charge in [-0.3, -0.25) is 0 Å². The largest absolute Gasteiger partial charge is 0.461 e. The van der Waals surface area contributed by atoms with Gasteiger partial charge in [0.15, 0.2) is 10.1 Å². The fourth-order valence-corrected chi connectivity index (χ4v) is 4.16. The average molecular weight is 355 g/mol. The van der Waals surface area contributed by atoms with Crippen molar-refractivity contribution in [2.75, 3.05) is 0 Å². The summed E-state index contributed by atoms with van der Waals surface area (Å²) in [6.07, 6.45) is 1.59. The van der Waals surface area contributed by atoms with E-state index in [2.05, 4.69) is 32.6 Å². The Bertz CT molecular complexity index is 916. The SMILES string of the molecule is CC(Sc1nc(-c2ccccc2)cs1)c1nc(-c2ccco2)no1. The van der Waals surface area contributed by atoms with Crippen LogP contribution >= 0.6 is 23.1 Å². The number of rotatable bonds is 5. The summed E-state index contributed by atoms with van der Waals surface area (Å²) in [6, 6.07) is 13.7. The molecule has 5 nitrogen and oxygen atoms in total. The molecule has 0 aliphatic heterocycles. The van der Waals surface area contributed by atoms with Gasteiger partial charge in [-0.2, -0.15) is 4.98 Å². The maximum atomic E-state index is 5.35. The van der Waals surface area contributed by atoms with E-state index in [0.29, 0.717) is 17.5 Å². The molecule has 0 saturated carbocycles. The van der Waals surface area contributed by atoms with Gasteiger partial charge in [0.1, 0.15) is 0 Å². The third kappa shape index (κ3) is 3.13. The van der Waals surface area contributed by atoms with Crippen LogP contribution in [-0.4, -0.2) is 15.1 Å². The molecule has 1 aromatic carbocycles. The molecule has 0 N–H and O–H groups in total. The molecule has 120 valence electrons. The first kappa shape index (κ1) is 15.2. The van der Waals surface area contributed by atoms with E-state index in [0.717, 1.165) is 15.6 Å². The summed E-state index contributed by atoms with van der Waals surface area (Å²) in [7, 11) is 0. The van der Waals surface area contributed by atoms with E-state index in [9.17, 15) is 0 Å². The van der Waals surface area contributed by atoms with Crippen LogP contribution in [0.1, 0.15) is 18.1 Å². The van der Waals surface area contributed by atoms with E-state index in [1.165, 1.54) is 0 Å². The highest BCUT2D eigenvalue weighted by atomic mass is 32.2. The quantitative estimate of drug-likeness (QED) is 0.452. The van der Waals surface area contributed by atoms with Crippen LogP contribution in [0.25, 0.3) is 22.8 Å². The molecule has 0 fully saturated rings. The van der Waals surface area contributed by atoms with E-state index >= 15 is 0 Å². The van der Waals surface area contributed by atoms with Crippen LogP contribution in [0.2, 0.25) is 0 Å². The van der Waals surface area contributed by atoms with Gasteiger partial charge in [0.05, 0.1) is 17.2 Å². The highest BCUT2D eigenvalue weighted by Gasteiger charge is 2.19. The second-order valence-electron chi connectivity index (χ2n) is 5.06. The molecule has 0 amide bonds. The summed E-state index contributed by atoms with van der Waals surface area (Å²) in [5.74, 6) is 1.62. The van der Waals surface area contributed by atoms with Crippen LogP contribution in [0.4, 0.5) is 0 Å². The van der Waals surface area contributed by atoms with Crippen LogP contribution in [0.5, 0.6) is 0 Å². The molecule has 3 aromatic heterocycles. The minimum Gasteiger partial charge on any atom is -0.461 e. The number of nitrogens with zero attached hydrogens (tertiary/aromatic N) is 3. The van der Waals surface area contributed by atoms with Crippen molar-refractivity contribution in [3.8, 4) is 22.8 Å². The zero-order valence-electron chi connectivity index (χ0n) is 12.7. The van der Waals surface area contributed by atoms with Crippen molar-refractivity contribution in [2.24, 2.45) is 0 Å². The van der Waals surface area contributed by atoms with Crippen molar-refractivity contribution in [1.29, 1.82) is 0 Å². The molecule has 0 aliphatic rings. The first-order valence-electron chi connectivity index (χ1n) is 7.34. The molecule has 24 heavy (non-hydrogen) atoms. The molecule has 1 unspecified atom stereocenters. The third-order valence-corrected chi connectivity index (χ3v) is 5.42. The van der Waals surface area contributed by atoms with Crippen LogP contribution in [0.15, 0.2) is 67.4 Å². The standard InChI is InChI=1S/C17H13N3O2S2/c1-11(16-19-15(20-22-16)14-8-5-9-21-14)24-17-18-13(10-23-17)12-6-3-2-4-7-12/h2-11H,1H3. The minimum absolute atomic E-state index is 0.0102. The predicted octanol–water partition coefficient (Wildman–Crippen LogP) is 5.31. The van der Waals surface area contributed by atoms with Crippen LogP contribution in [-0.2, 0) is 0 Å². The molecular weight excluding hydrogens is 342 g/mol. The maximum absolute atomic E-state index is 5.35. The fraction of sp³-hybridized carbons (Fsp3) is 0.118. The van der Waals surface area contributed by atoms with Crippen LogP contribution in [0.3, 0.4) is 0 Å². The highest BCUT2D eigenvalue weighted by Crippen LogP contribution is 2.37. The molecule has 0 bridgehead atoms. The van der Waals surface area contributed by atoms with Gasteiger partial charge >= 0.3 is 0 Å². The van der Waals surface area contributed by atoms with Crippen molar-refractivity contribution >= 4 is 23.1 Å². The van der Waals surface area contributed by atoms with Crippen molar-refractivity contribution < 1.29 is 8.94 Å². The Morgan fingerprint density at radius 3 is 2.75 bits per heavy atom. The second kappa shape index (κ2) is 6.62. The zero-order chi connectivity index (χ0) is 16.4. The molecular formula is C17H13N3O2S2. The number of hydrogen-bond donors (Lipinski definition) is 0. The molecule has 3 heterocycles. The second-order valence-corrected chi connectivity index (χ2v) is 7.50. The Labute approximate surface area is 146 Å². The van der Waals surface area contributed by atoms with Gasteiger partial charge in [0.2, 0.25) is 11.7 Å². The Morgan fingerprint density at radius 2 is 1.96 bits per heavy atom. The topological polar surface area (TPSA) is 65.0 Å². The molecule has 4 rings (SSSR count). The Balaban J connectivity index is 1.49. The molecule has 0 radical (unpaired) electrons. The van der Waals surface area contributed by atoms with Crippen molar-refractivity contribution in [3.63, 3.8) is 0 Å². The van der Waals surface area contributed by atoms with Gasteiger partial charge in [-0.15, -0.1) is 11.3 Å².